The molecule has 0 saturated carbocycles. The molecule has 0 spiro atoms. The van der Waals surface area contributed by atoms with E-state index in [1.807, 2.05) is 11.4 Å². The molecule has 1 aromatic carbocycles. The van der Waals surface area contributed by atoms with E-state index in [0.717, 1.165) is 17.1 Å². The second-order valence-corrected chi connectivity index (χ2v) is 5.42. The first-order valence-electron chi connectivity index (χ1n) is 6.12. The molecule has 21 heavy (non-hydrogen) atoms. The summed E-state index contributed by atoms with van der Waals surface area (Å²) >= 11 is 1.52. The molecule has 0 bridgehead atoms. The molecule has 1 aromatic heterocycles. The van der Waals surface area contributed by atoms with Gasteiger partial charge in [0.25, 0.3) is 0 Å². The van der Waals surface area contributed by atoms with Crippen molar-refractivity contribution in [3.05, 3.63) is 45.9 Å². The Kier molecular flexibility index (Phi) is 4.48. The fourth-order valence-corrected chi connectivity index (χ4v) is 2.50. The molecule has 0 atom stereocenters. The van der Waals surface area contributed by atoms with Crippen molar-refractivity contribution >= 4 is 17.0 Å². The summed E-state index contributed by atoms with van der Waals surface area (Å²) in [6.07, 6.45) is -2.05. The van der Waals surface area contributed by atoms with Gasteiger partial charge in [-0.2, -0.15) is 18.4 Å². The first kappa shape index (κ1) is 15.3. The van der Waals surface area contributed by atoms with E-state index in [2.05, 4.69) is 4.98 Å². The normalized spacial score (nSPS) is 11.2. The average molecular weight is 311 g/mol. The van der Waals surface area contributed by atoms with E-state index < -0.39 is 11.7 Å². The number of rotatable bonds is 4. The second kappa shape index (κ2) is 6.14. The van der Waals surface area contributed by atoms with Gasteiger partial charge in [-0.3, -0.25) is 0 Å². The van der Waals surface area contributed by atoms with Crippen LogP contribution in [0.5, 0.6) is 0 Å². The maximum absolute atomic E-state index is 12.6. The summed E-state index contributed by atoms with van der Waals surface area (Å²) in [6, 6.07) is 5.04. The molecule has 0 aliphatic carbocycles. The predicted octanol–water partition coefficient (Wildman–Crippen LogP) is 3.71. The molecular weight excluding hydrogens is 299 g/mol. The Morgan fingerprint density at radius 3 is 2.71 bits per heavy atom. The Hall–Kier alpha value is -2.07. The number of nitriles is 1. The Morgan fingerprint density at radius 1 is 1.38 bits per heavy atom. The highest BCUT2D eigenvalue weighted by molar-refractivity contribution is 7.09. The van der Waals surface area contributed by atoms with Gasteiger partial charge >= 0.3 is 6.18 Å². The van der Waals surface area contributed by atoms with Gasteiger partial charge in [0.15, 0.2) is 0 Å². The molecular formula is C14H12F3N3S. The van der Waals surface area contributed by atoms with Gasteiger partial charge in [0.2, 0.25) is 0 Å². The number of hydrogen-bond acceptors (Lipinski definition) is 4. The fourth-order valence-electron chi connectivity index (χ4n) is 1.90. The number of anilines is 1. The summed E-state index contributed by atoms with van der Waals surface area (Å²) in [5, 5.41) is 11.9. The first-order chi connectivity index (χ1) is 9.91. The number of alkyl halides is 3. The smallest absolute Gasteiger partial charge is 0.373 e. The number of aromatic nitrogens is 1. The van der Waals surface area contributed by atoms with Crippen molar-refractivity contribution in [1.82, 2.24) is 4.98 Å². The summed E-state index contributed by atoms with van der Waals surface area (Å²) in [6.45, 7) is 0.577. The number of benzene rings is 1. The maximum atomic E-state index is 12.6. The molecule has 3 nitrogen and oxygen atoms in total. The van der Waals surface area contributed by atoms with Crippen molar-refractivity contribution in [3.63, 3.8) is 0 Å². The monoisotopic (exact) mass is 311 g/mol. The fraction of sp³-hybridized carbons (Fsp3) is 0.286. The Balaban J connectivity index is 2.17. The van der Waals surface area contributed by atoms with E-state index in [9.17, 15) is 13.2 Å². The van der Waals surface area contributed by atoms with E-state index in [4.69, 9.17) is 5.26 Å². The molecule has 2 rings (SSSR count). The van der Waals surface area contributed by atoms with Crippen LogP contribution in [0.25, 0.3) is 0 Å². The molecule has 1 heterocycles. The summed E-state index contributed by atoms with van der Waals surface area (Å²) < 4.78 is 37.9. The van der Waals surface area contributed by atoms with Crippen LogP contribution in [0.15, 0.2) is 29.8 Å². The van der Waals surface area contributed by atoms with Crippen LogP contribution in [0.3, 0.4) is 0 Å². The maximum Gasteiger partial charge on any atom is 0.416 e. The molecule has 110 valence electrons. The molecule has 0 radical (unpaired) electrons. The molecule has 0 fully saturated rings. The lowest BCUT2D eigenvalue weighted by Crippen LogP contribution is -2.21. The lowest BCUT2D eigenvalue weighted by Gasteiger charge is -2.20. The summed E-state index contributed by atoms with van der Waals surface area (Å²) in [7, 11) is 1.75. The van der Waals surface area contributed by atoms with E-state index in [1.54, 1.807) is 18.1 Å². The van der Waals surface area contributed by atoms with Crippen molar-refractivity contribution in [3.8, 4) is 6.07 Å². The molecule has 0 amide bonds. The molecule has 0 aliphatic rings. The van der Waals surface area contributed by atoms with Crippen molar-refractivity contribution in [2.75, 3.05) is 18.5 Å². The third-order valence-corrected chi connectivity index (χ3v) is 3.84. The van der Waals surface area contributed by atoms with Gasteiger partial charge in [-0.05, 0) is 18.2 Å². The predicted molar refractivity (Wildman–Crippen MR) is 75.2 cm³/mol. The van der Waals surface area contributed by atoms with Gasteiger partial charge in [0.1, 0.15) is 6.07 Å². The zero-order valence-electron chi connectivity index (χ0n) is 11.2. The van der Waals surface area contributed by atoms with E-state index in [1.165, 1.54) is 17.4 Å². The van der Waals surface area contributed by atoms with Crippen molar-refractivity contribution in [1.29, 1.82) is 5.26 Å². The number of likely N-dealkylation sites (N-methyl/N-ethyl adjacent to an activating group) is 1. The van der Waals surface area contributed by atoms with Crippen LogP contribution >= 0.6 is 11.3 Å². The van der Waals surface area contributed by atoms with Gasteiger partial charge in [-0.25, -0.2) is 4.98 Å². The molecule has 7 heteroatoms. The molecule has 0 unspecified atom stereocenters. The Bertz CT molecular complexity index is 644. The minimum absolute atomic E-state index is 0.0199. The molecule has 2 aromatic rings. The number of halogens is 3. The van der Waals surface area contributed by atoms with E-state index >= 15 is 0 Å². The van der Waals surface area contributed by atoms with Crippen LogP contribution in [0, 0.1) is 11.3 Å². The highest BCUT2D eigenvalue weighted by Crippen LogP contribution is 2.32. The lowest BCUT2D eigenvalue weighted by molar-refractivity contribution is -0.137. The van der Waals surface area contributed by atoms with Gasteiger partial charge in [0, 0.05) is 31.6 Å². The van der Waals surface area contributed by atoms with Crippen LogP contribution in [-0.4, -0.2) is 18.6 Å². The minimum Gasteiger partial charge on any atom is -0.373 e. The Labute approximate surface area is 124 Å². The lowest BCUT2D eigenvalue weighted by atomic mass is 10.1. The summed E-state index contributed by atoms with van der Waals surface area (Å²) in [5.41, 5.74) is -0.301. The van der Waals surface area contributed by atoms with Gasteiger partial charge in [-0.15, -0.1) is 11.3 Å². The molecule has 0 aliphatic heterocycles. The largest absolute Gasteiger partial charge is 0.416 e. The van der Waals surface area contributed by atoms with Crippen LogP contribution in [0.4, 0.5) is 18.9 Å². The molecule has 0 saturated heterocycles. The summed E-state index contributed by atoms with van der Waals surface area (Å²) in [4.78, 5) is 5.91. The summed E-state index contributed by atoms with van der Waals surface area (Å²) in [5.74, 6) is 0. The van der Waals surface area contributed by atoms with Crippen LogP contribution in [0.1, 0.15) is 16.1 Å². The molecule has 0 N–H and O–H groups in total. The Morgan fingerprint density at radius 2 is 2.14 bits per heavy atom. The highest BCUT2D eigenvalue weighted by atomic mass is 32.1. The quantitative estimate of drug-likeness (QED) is 0.864. The minimum atomic E-state index is -4.44. The topological polar surface area (TPSA) is 39.9 Å². The van der Waals surface area contributed by atoms with E-state index in [0.29, 0.717) is 18.7 Å². The number of hydrogen-bond donors (Lipinski definition) is 0. The van der Waals surface area contributed by atoms with Gasteiger partial charge in [0.05, 0.1) is 21.8 Å². The third-order valence-electron chi connectivity index (χ3n) is 3.00. The van der Waals surface area contributed by atoms with Crippen molar-refractivity contribution < 1.29 is 13.2 Å². The van der Waals surface area contributed by atoms with Gasteiger partial charge < -0.3 is 4.90 Å². The van der Waals surface area contributed by atoms with E-state index in [-0.39, 0.29) is 5.56 Å². The SMILES string of the molecule is CN(CCc1nccs1)c1ccc(C(F)(F)F)cc1C#N. The zero-order chi connectivity index (χ0) is 15.5. The second-order valence-electron chi connectivity index (χ2n) is 4.44. The van der Waals surface area contributed by atoms with Crippen molar-refractivity contribution in [2.24, 2.45) is 0 Å². The third kappa shape index (κ3) is 3.73. The standard InChI is InChI=1S/C14H12F3N3S/c1-20(6-4-13-19-5-7-21-13)12-3-2-11(14(15,16)17)8-10(12)9-18/h2-3,5,7-8H,4,6H2,1H3. The van der Waals surface area contributed by atoms with Gasteiger partial charge in [-0.1, -0.05) is 0 Å². The number of thiazole rings is 1. The van der Waals surface area contributed by atoms with Crippen molar-refractivity contribution in [2.45, 2.75) is 12.6 Å². The van der Waals surface area contributed by atoms with Crippen LogP contribution < -0.4 is 4.90 Å². The highest BCUT2D eigenvalue weighted by Gasteiger charge is 2.31. The zero-order valence-corrected chi connectivity index (χ0v) is 12.0. The average Bonchev–Trinajstić information content (AvgIpc) is 2.96. The van der Waals surface area contributed by atoms with Crippen LogP contribution in [0.2, 0.25) is 0 Å². The first-order valence-corrected chi connectivity index (χ1v) is 7.00. The van der Waals surface area contributed by atoms with Crippen LogP contribution in [-0.2, 0) is 12.6 Å². The number of nitrogens with zero attached hydrogens (tertiary/aromatic N) is 3.